The van der Waals surface area contributed by atoms with E-state index in [0.717, 1.165) is 6.42 Å². The first-order valence-electron chi connectivity index (χ1n) is 5.89. The van der Waals surface area contributed by atoms with E-state index in [1.807, 2.05) is 18.2 Å². The Kier molecular flexibility index (Phi) is 4.30. The van der Waals surface area contributed by atoms with Gasteiger partial charge in [0.1, 0.15) is 0 Å². The lowest BCUT2D eigenvalue weighted by molar-refractivity contribution is -0.156. The number of hydrogen-bond acceptors (Lipinski definition) is 4. The Hall–Kier alpha value is -1.88. The summed E-state index contributed by atoms with van der Waals surface area (Å²) in [7, 11) is 0. The zero-order valence-corrected chi connectivity index (χ0v) is 9.93. The molecule has 0 aliphatic carbocycles. The summed E-state index contributed by atoms with van der Waals surface area (Å²) in [4.78, 5) is 23.0. The van der Waals surface area contributed by atoms with E-state index in [1.54, 1.807) is 12.1 Å². The molecule has 1 aliphatic rings. The highest BCUT2D eigenvalue weighted by Crippen LogP contribution is 2.13. The van der Waals surface area contributed by atoms with Crippen LogP contribution in [0.3, 0.4) is 0 Å². The summed E-state index contributed by atoms with van der Waals surface area (Å²) >= 11 is 0. The molecule has 1 N–H and O–H groups in total. The molecule has 1 aliphatic heterocycles. The monoisotopic (exact) mass is 249 g/mol. The predicted octanol–water partition coefficient (Wildman–Crippen LogP) is 1.35. The molecule has 0 saturated carbocycles. The van der Waals surface area contributed by atoms with Crippen LogP contribution in [0, 0.1) is 0 Å². The van der Waals surface area contributed by atoms with Crippen molar-refractivity contribution >= 4 is 17.6 Å². The average molecular weight is 249 g/mol. The first-order chi connectivity index (χ1) is 8.75. The number of nitrogens with one attached hydrogen (secondary N) is 1. The lowest BCUT2D eigenvalue weighted by Gasteiger charge is -2.09. The smallest absolute Gasteiger partial charge is 0.335 e. The van der Waals surface area contributed by atoms with Crippen molar-refractivity contribution in [1.82, 2.24) is 0 Å². The minimum Gasteiger partial charge on any atom is -0.454 e. The molecule has 1 aromatic rings. The number of esters is 1. The van der Waals surface area contributed by atoms with E-state index in [9.17, 15) is 9.59 Å². The summed E-state index contributed by atoms with van der Waals surface area (Å²) in [5.41, 5.74) is 0.677. The van der Waals surface area contributed by atoms with Crippen molar-refractivity contribution < 1.29 is 19.1 Å². The molecule has 2 rings (SSSR count). The van der Waals surface area contributed by atoms with Gasteiger partial charge in [-0.15, -0.1) is 0 Å². The van der Waals surface area contributed by atoms with Crippen LogP contribution in [0.2, 0.25) is 0 Å². The molecule has 0 radical (unpaired) electrons. The van der Waals surface area contributed by atoms with Crippen LogP contribution in [0.15, 0.2) is 30.3 Å². The van der Waals surface area contributed by atoms with Crippen LogP contribution in [-0.4, -0.2) is 31.2 Å². The Bertz CT molecular complexity index is 412. The fourth-order valence-electron chi connectivity index (χ4n) is 1.71. The van der Waals surface area contributed by atoms with Gasteiger partial charge in [-0.1, -0.05) is 18.2 Å². The Morgan fingerprint density at radius 3 is 2.78 bits per heavy atom. The molecular weight excluding hydrogens is 234 g/mol. The summed E-state index contributed by atoms with van der Waals surface area (Å²) in [6.07, 6.45) is 1.02. The molecule has 0 aromatic heterocycles. The van der Waals surface area contributed by atoms with Gasteiger partial charge in [0, 0.05) is 12.3 Å². The molecule has 5 heteroatoms. The fourth-order valence-corrected chi connectivity index (χ4v) is 1.71. The third kappa shape index (κ3) is 3.56. The van der Waals surface area contributed by atoms with Gasteiger partial charge in [-0.3, -0.25) is 4.79 Å². The number of benzene rings is 1. The molecule has 1 atom stereocenters. The van der Waals surface area contributed by atoms with Gasteiger partial charge < -0.3 is 14.8 Å². The first-order valence-corrected chi connectivity index (χ1v) is 5.89. The highest BCUT2D eigenvalue weighted by Gasteiger charge is 2.25. The summed E-state index contributed by atoms with van der Waals surface area (Å²) < 4.78 is 10.0. The van der Waals surface area contributed by atoms with E-state index in [-0.39, 0.29) is 12.5 Å². The molecule has 96 valence electrons. The Balaban J connectivity index is 1.73. The van der Waals surface area contributed by atoms with Gasteiger partial charge >= 0.3 is 5.97 Å². The van der Waals surface area contributed by atoms with E-state index < -0.39 is 12.1 Å². The number of ether oxygens (including phenoxy) is 2. The summed E-state index contributed by atoms with van der Waals surface area (Å²) in [5, 5.41) is 2.63. The summed E-state index contributed by atoms with van der Waals surface area (Å²) in [5.74, 6) is -0.816. The molecule has 0 bridgehead atoms. The van der Waals surface area contributed by atoms with Gasteiger partial charge in [0.15, 0.2) is 12.7 Å². The first kappa shape index (κ1) is 12.6. The van der Waals surface area contributed by atoms with Gasteiger partial charge in [0.2, 0.25) is 0 Å². The van der Waals surface area contributed by atoms with Crippen LogP contribution in [0.5, 0.6) is 0 Å². The van der Waals surface area contributed by atoms with Crippen LogP contribution < -0.4 is 5.32 Å². The molecule has 5 nitrogen and oxygen atoms in total. The largest absolute Gasteiger partial charge is 0.454 e. The third-order valence-electron chi connectivity index (χ3n) is 2.60. The van der Waals surface area contributed by atoms with Crippen LogP contribution in [-0.2, 0) is 19.1 Å². The second-order valence-corrected chi connectivity index (χ2v) is 4.02. The number of amides is 1. The quantitative estimate of drug-likeness (QED) is 0.818. The predicted molar refractivity (Wildman–Crippen MR) is 65.0 cm³/mol. The maximum absolute atomic E-state index is 11.5. The highest BCUT2D eigenvalue weighted by atomic mass is 16.6. The second kappa shape index (κ2) is 6.16. The van der Waals surface area contributed by atoms with E-state index in [1.165, 1.54) is 0 Å². The van der Waals surface area contributed by atoms with E-state index in [0.29, 0.717) is 18.7 Å². The van der Waals surface area contributed by atoms with Gasteiger partial charge in [-0.25, -0.2) is 4.79 Å². The number of carbonyl (C=O) groups is 2. The zero-order valence-electron chi connectivity index (χ0n) is 9.93. The molecule has 1 aromatic carbocycles. The molecule has 1 fully saturated rings. The van der Waals surface area contributed by atoms with Gasteiger partial charge in [-0.05, 0) is 25.0 Å². The minimum absolute atomic E-state index is 0.284. The van der Waals surface area contributed by atoms with E-state index in [2.05, 4.69) is 5.32 Å². The van der Waals surface area contributed by atoms with Crippen LogP contribution in [0.1, 0.15) is 12.8 Å². The molecule has 1 amide bonds. The van der Waals surface area contributed by atoms with E-state index >= 15 is 0 Å². The SMILES string of the molecule is O=C(COC(=O)[C@@H]1CCCO1)Nc1ccccc1. The molecular formula is C13H15NO4. The van der Waals surface area contributed by atoms with Crippen molar-refractivity contribution in [1.29, 1.82) is 0 Å². The van der Waals surface area contributed by atoms with Crippen molar-refractivity contribution in [2.45, 2.75) is 18.9 Å². The fraction of sp³-hybridized carbons (Fsp3) is 0.385. The Morgan fingerprint density at radius 1 is 1.33 bits per heavy atom. The lowest BCUT2D eigenvalue weighted by atomic mass is 10.2. The van der Waals surface area contributed by atoms with Gasteiger partial charge in [0.05, 0.1) is 0 Å². The minimum atomic E-state index is -0.505. The van der Waals surface area contributed by atoms with Crippen LogP contribution >= 0.6 is 0 Å². The van der Waals surface area contributed by atoms with Crippen LogP contribution in [0.25, 0.3) is 0 Å². The number of para-hydroxylation sites is 1. The average Bonchev–Trinajstić information content (AvgIpc) is 2.91. The van der Waals surface area contributed by atoms with Crippen molar-refractivity contribution in [3.63, 3.8) is 0 Å². The zero-order chi connectivity index (χ0) is 12.8. The van der Waals surface area contributed by atoms with Gasteiger partial charge in [0.25, 0.3) is 5.91 Å². The number of rotatable bonds is 4. The van der Waals surface area contributed by atoms with Gasteiger partial charge in [-0.2, -0.15) is 0 Å². The number of anilines is 1. The second-order valence-electron chi connectivity index (χ2n) is 4.02. The maximum atomic E-state index is 11.5. The maximum Gasteiger partial charge on any atom is 0.335 e. The topological polar surface area (TPSA) is 64.6 Å². The normalized spacial score (nSPS) is 18.3. The van der Waals surface area contributed by atoms with Crippen molar-refractivity contribution in [2.75, 3.05) is 18.5 Å². The molecule has 1 heterocycles. The Morgan fingerprint density at radius 2 is 2.11 bits per heavy atom. The van der Waals surface area contributed by atoms with Crippen molar-refractivity contribution in [3.8, 4) is 0 Å². The lowest BCUT2D eigenvalue weighted by Crippen LogP contribution is -2.27. The molecule has 0 spiro atoms. The number of carbonyl (C=O) groups excluding carboxylic acids is 2. The van der Waals surface area contributed by atoms with Crippen molar-refractivity contribution in [2.24, 2.45) is 0 Å². The summed E-state index contributed by atoms with van der Waals surface area (Å²) in [6.45, 7) is 0.295. The molecule has 1 saturated heterocycles. The molecule has 0 unspecified atom stereocenters. The van der Waals surface area contributed by atoms with E-state index in [4.69, 9.17) is 9.47 Å². The third-order valence-corrected chi connectivity index (χ3v) is 2.60. The van der Waals surface area contributed by atoms with Crippen LogP contribution in [0.4, 0.5) is 5.69 Å². The molecule has 18 heavy (non-hydrogen) atoms. The summed E-state index contributed by atoms with van der Waals surface area (Å²) in [6, 6.07) is 9.01. The Labute approximate surface area is 105 Å². The standard InChI is InChI=1S/C13H15NO4/c15-12(14-10-5-2-1-3-6-10)9-18-13(16)11-7-4-8-17-11/h1-3,5-6,11H,4,7-9H2,(H,14,15)/t11-/m0/s1. The number of hydrogen-bond donors (Lipinski definition) is 1. The van der Waals surface area contributed by atoms with Crippen molar-refractivity contribution in [3.05, 3.63) is 30.3 Å². The highest BCUT2D eigenvalue weighted by molar-refractivity contribution is 5.93.